The van der Waals surface area contributed by atoms with Crippen molar-refractivity contribution < 1.29 is 13.7 Å². The molecule has 20 heavy (non-hydrogen) atoms. The van der Waals surface area contributed by atoms with Crippen LogP contribution in [0.25, 0.3) is 0 Å². The third-order valence-corrected chi connectivity index (χ3v) is 5.68. The van der Waals surface area contributed by atoms with Gasteiger partial charge in [-0.05, 0) is 47.5 Å². The van der Waals surface area contributed by atoms with E-state index >= 15 is 0 Å². The van der Waals surface area contributed by atoms with Gasteiger partial charge in [-0.2, -0.15) is 0 Å². The van der Waals surface area contributed by atoms with Gasteiger partial charge in [0.1, 0.15) is 5.75 Å². The number of hydrogen-bond acceptors (Lipinski definition) is 4. The van der Waals surface area contributed by atoms with E-state index in [-0.39, 0.29) is 23.0 Å². The lowest BCUT2D eigenvalue weighted by Gasteiger charge is -2.14. The molecule has 0 spiro atoms. The Balaban J connectivity index is 1.93. The molecular formula is C13H17BrN2O3S. The lowest BCUT2D eigenvalue weighted by atomic mass is 10.3. The third-order valence-electron chi connectivity index (χ3n) is 3.18. The maximum absolute atomic E-state index is 12.1. The van der Waals surface area contributed by atoms with Crippen molar-refractivity contribution in [2.45, 2.75) is 24.7 Å². The molecule has 0 saturated carbocycles. The van der Waals surface area contributed by atoms with Crippen LogP contribution in [0.1, 0.15) is 13.3 Å². The minimum atomic E-state index is -1.22. The standard InChI is InChI=1S/C13H17BrN2O3S/c1-8-12(4-5-19-8)20(18)7-13(17)16-11-3-2-9(15)6-10(11)14/h2-3,6,8,12H,4-5,7,15H2,1H3,(H,16,17). The number of halogens is 1. The van der Waals surface area contributed by atoms with Crippen molar-refractivity contribution in [1.82, 2.24) is 0 Å². The highest BCUT2D eigenvalue weighted by Gasteiger charge is 2.30. The first kappa shape index (κ1) is 15.5. The van der Waals surface area contributed by atoms with Crippen molar-refractivity contribution in [1.29, 1.82) is 0 Å². The molecule has 0 radical (unpaired) electrons. The number of anilines is 2. The van der Waals surface area contributed by atoms with Crippen LogP contribution < -0.4 is 11.1 Å². The molecule has 0 aliphatic carbocycles. The number of amides is 1. The molecule has 1 aromatic rings. The van der Waals surface area contributed by atoms with Gasteiger partial charge in [0.15, 0.2) is 0 Å². The second-order valence-corrected chi connectivity index (χ2v) is 7.23. The van der Waals surface area contributed by atoms with Crippen LogP contribution in [0.15, 0.2) is 22.7 Å². The number of ether oxygens (including phenoxy) is 1. The Bertz CT molecular complexity index is 538. The molecule has 110 valence electrons. The van der Waals surface area contributed by atoms with Crippen LogP contribution in [0.3, 0.4) is 0 Å². The van der Waals surface area contributed by atoms with Crippen LogP contribution in [0, 0.1) is 0 Å². The highest BCUT2D eigenvalue weighted by molar-refractivity contribution is 9.10. The molecule has 2 rings (SSSR count). The second kappa shape index (κ2) is 6.69. The summed E-state index contributed by atoms with van der Waals surface area (Å²) in [6, 6.07) is 5.12. The van der Waals surface area contributed by atoms with Gasteiger partial charge in [0, 0.05) is 27.6 Å². The third kappa shape index (κ3) is 3.80. The highest BCUT2D eigenvalue weighted by atomic mass is 79.9. The fourth-order valence-electron chi connectivity index (χ4n) is 2.11. The van der Waals surface area contributed by atoms with Crippen molar-refractivity contribution in [3.8, 4) is 0 Å². The minimum absolute atomic E-state index is 0.0187. The Morgan fingerprint density at radius 2 is 2.35 bits per heavy atom. The van der Waals surface area contributed by atoms with Crippen molar-refractivity contribution >= 4 is 44.0 Å². The zero-order valence-electron chi connectivity index (χ0n) is 11.1. The summed E-state index contributed by atoms with van der Waals surface area (Å²) in [4.78, 5) is 11.9. The maximum Gasteiger partial charge on any atom is 0.237 e. The van der Waals surface area contributed by atoms with E-state index in [0.29, 0.717) is 22.5 Å². The summed E-state index contributed by atoms with van der Waals surface area (Å²) in [6.45, 7) is 2.51. The van der Waals surface area contributed by atoms with E-state index in [1.54, 1.807) is 18.2 Å². The first-order valence-corrected chi connectivity index (χ1v) is 8.48. The van der Waals surface area contributed by atoms with Gasteiger partial charge >= 0.3 is 0 Å². The van der Waals surface area contributed by atoms with E-state index < -0.39 is 10.8 Å². The molecule has 3 atom stereocenters. The summed E-state index contributed by atoms with van der Waals surface area (Å²) in [7, 11) is -1.22. The summed E-state index contributed by atoms with van der Waals surface area (Å²) in [6.07, 6.45) is 0.694. The van der Waals surface area contributed by atoms with Crippen LogP contribution in [-0.2, 0) is 20.3 Å². The summed E-state index contributed by atoms with van der Waals surface area (Å²) >= 11 is 3.33. The van der Waals surface area contributed by atoms with E-state index in [1.807, 2.05) is 6.92 Å². The molecule has 1 aliphatic rings. The van der Waals surface area contributed by atoms with Gasteiger partial charge < -0.3 is 15.8 Å². The van der Waals surface area contributed by atoms with E-state index in [9.17, 15) is 9.00 Å². The monoisotopic (exact) mass is 360 g/mol. The Morgan fingerprint density at radius 3 is 2.95 bits per heavy atom. The number of carbonyl (C=O) groups is 1. The molecule has 1 heterocycles. The summed E-state index contributed by atoms with van der Waals surface area (Å²) < 4.78 is 18.2. The molecule has 1 fully saturated rings. The number of benzene rings is 1. The Hall–Kier alpha value is -0.920. The van der Waals surface area contributed by atoms with E-state index in [4.69, 9.17) is 10.5 Å². The average Bonchev–Trinajstić information content (AvgIpc) is 2.79. The lowest BCUT2D eigenvalue weighted by Crippen LogP contribution is -2.30. The Kier molecular flexibility index (Phi) is 5.17. The molecule has 1 saturated heterocycles. The number of nitrogens with two attached hydrogens (primary N) is 1. The fraction of sp³-hybridized carbons (Fsp3) is 0.462. The molecule has 0 bridgehead atoms. The Labute approximate surface area is 128 Å². The van der Waals surface area contributed by atoms with E-state index in [2.05, 4.69) is 21.2 Å². The zero-order chi connectivity index (χ0) is 14.7. The smallest absolute Gasteiger partial charge is 0.237 e. The van der Waals surface area contributed by atoms with Crippen molar-refractivity contribution in [2.75, 3.05) is 23.4 Å². The average molecular weight is 361 g/mol. The Morgan fingerprint density at radius 1 is 1.60 bits per heavy atom. The largest absolute Gasteiger partial charge is 0.399 e. The van der Waals surface area contributed by atoms with E-state index in [0.717, 1.165) is 6.42 Å². The summed E-state index contributed by atoms with van der Waals surface area (Å²) in [5, 5.41) is 2.67. The zero-order valence-corrected chi connectivity index (χ0v) is 13.5. The number of nitrogens with one attached hydrogen (secondary N) is 1. The molecule has 1 aromatic carbocycles. The van der Waals surface area contributed by atoms with Crippen LogP contribution in [0.5, 0.6) is 0 Å². The normalized spacial score (nSPS) is 23.5. The number of nitrogen functional groups attached to an aromatic ring is 1. The second-order valence-electron chi connectivity index (χ2n) is 4.72. The molecule has 1 amide bonds. The maximum atomic E-state index is 12.1. The summed E-state index contributed by atoms with van der Waals surface area (Å²) in [5.41, 5.74) is 6.86. The van der Waals surface area contributed by atoms with Gasteiger partial charge in [-0.15, -0.1) is 0 Å². The molecule has 0 aromatic heterocycles. The van der Waals surface area contributed by atoms with Crippen molar-refractivity contribution in [3.05, 3.63) is 22.7 Å². The van der Waals surface area contributed by atoms with Gasteiger partial charge in [0.25, 0.3) is 0 Å². The highest BCUT2D eigenvalue weighted by Crippen LogP contribution is 2.25. The van der Waals surface area contributed by atoms with Crippen LogP contribution >= 0.6 is 15.9 Å². The SMILES string of the molecule is CC1OCCC1S(=O)CC(=O)Nc1ccc(N)cc1Br. The van der Waals surface area contributed by atoms with E-state index in [1.165, 1.54) is 0 Å². The predicted octanol–water partition coefficient (Wildman–Crippen LogP) is 1.90. The lowest BCUT2D eigenvalue weighted by molar-refractivity contribution is -0.113. The van der Waals surface area contributed by atoms with Gasteiger partial charge in [-0.1, -0.05) is 0 Å². The molecule has 1 aliphatic heterocycles. The molecule has 3 N–H and O–H groups in total. The quantitative estimate of drug-likeness (QED) is 0.803. The van der Waals surface area contributed by atoms with Gasteiger partial charge in [-0.3, -0.25) is 9.00 Å². The van der Waals surface area contributed by atoms with Crippen LogP contribution in [0.4, 0.5) is 11.4 Å². The number of rotatable bonds is 4. The first-order chi connectivity index (χ1) is 9.47. The van der Waals surface area contributed by atoms with Crippen molar-refractivity contribution in [3.63, 3.8) is 0 Å². The topological polar surface area (TPSA) is 81.4 Å². The summed E-state index contributed by atoms with van der Waals surface area (Å²) in [5.74, 6) is -0.289. The molecule has 7 heteroatoms. The molecule has 3 unspecified atom stereocenters. The van der Waals surface area contributed by atoms with Crippen LogP contribution in [0.2, 0.25) is 0 Å². The van der Waals surface area contributed by atoms with Gasteiger partial charge in [0.2, 0.25) is 5.91 Å². The van der Waals surface area contributed by atoms with Gasteiger partial charge in [-0.25, -0.2) is 0 Å². The van der Waals surface area contributed by atoms with Gasteiger partial charge in [0.05, 0.1) is 17.0 Å². The van der Waals surface area contributed by atoms with Crippen molar-refractivity contribution in [2.24, 2.45) is 0 Å². The first-order valence-electron chi connectivity index (χ1n) is 6.31. The fourth-order valence-corrected chi connectivity index (χ4v) is 4.02. The number of hydrogen-bond donors (Lipinski definition) is 2. The number of carbonyl (C=O) groups excluding carboxylic acids is 1. The molecule has 5 nitrogen and oxygen atoms in total. The van der Waals surface area contributed by atoms with Crippen LogP contribution in [-0.4, -0.2) is 33.8 Å². The predicted molar refractivity (Wildman–Crippen MR) is 84.0 cm³/mol. The minimum Gasteiger partial charge on any atom is -0.399 e. The molecular weight excluding hydrogens is 344 g/mol.